The van der Waals surface area contributed by atoms with Crippen LogP contribution in [0.1, 0.15) is 35.0 Å². The molecule has 8 nitrogen and oxygen atoms in total. The van der Waals surface area contributed by atoms with Crippen LogP contribution in [0.2, 0.25) is 0 Å². The van der Waals surface area contributed by atoms with E-state index >= 15 is 0 Å². The van der Waals surface area contributed by atoms with Crippen molar-refractivity contribution in [3.8, 4) is 11.5 Å². The molecule has 0 spiro atoms. The van der Waals surface area contributed by atoms with E-state index in [0.29, 0.717) is 33.4 Å². The molecule has 10 heteroatoms. The first-order valence-corrected chi connectivity index (χ1v) is 11.0. The lowest BCUT2D eigenvalue weighted by Gasteiger charge is -2.16. The number of carbonyl (C=O) groups is 2. The number of hydrogen-bond acceptors (Lipinski definition) is 6. The van der Waals surface area contributed by atoms with Gasteiger partial charge in [-0.25, -0.2) is 14.2 Å². The van der Waals surface area contributed by atoms with E-state index in [1.165, 1.54) is 24.5 Å². The molecule has 3 heterocycles. The van der Waals surface area contributed by atoms with Crippen LogP contribution in [0, 0.1) is 5.82 Å². The average molecular weight is 516 g/mol. The highest BCUT2D eigenvalue weighted by atomic mass is 79.9. The normalized spacial score (nSPS) is 12.1. The number of nitrogens with one attached hydrogen (secondary N) is 1. The number of nitrogens with zero attached hydrogens (tertiary/aromatic N) is 2. The van der Waals surface area contributed by atoms with Crippen molar-refractivity contribution in [2.45, 2.75) is 32.2 Å². The SMILES string of the molecule is CCCc1noc2nc(-c3ccco3)cc(C(=O)N[C@@H](Cc3ccc(Br)cc3F)C(=O)O)c12. The zero-order valence-corrected chi connectivity index (χ0v) is 19.1. The Morgan fingerprint density at radius 1 is 1.27 bits per heavy atom. The number of pyridine rings is 1. The lowest BCUT2D eigenvalue weighted by molar-refractivity contribution is -0.139. The highest BCUT2D eigenvalue weighted by Gasteiger charge is 2.26. The van der Waals surface area contributed by atoms with Crippen LogP contribution < -0.4 is 5.32 Å². The summed E-state index contributed by atoms with van der Waals surface area (Å²) in [4.78, 5) is 29.5. The molecular weight excluding hydrogens is 497 g/mol. The van der Waals surface area contributed by atoms with Gasteiger partial charge in [-0.1, -0.05) is 40.5 Å². The zero-order chi connectivity index (χ0) is 23.5. The number of carboxylic acid groups (broad SMARTS) is 1. The Kier molecular flexibility index (Phi) is 6.55. The van der Waals surface area contributed by atoms with Crippen molar-refractivity contribution in [3.05, 3.63) is 69.8 Å². The fourth-order valence-electron chi connectivity index (χ4n) is 3.49. The summed E-state index contributed by atoms with van der Waals surface area (Å²) >= 11 is 3.17. The Morgan fingerprint density at radius 2 is 2.09 bits per heavy atom. The first-order chi connectivity index (χ1) is 15.9. The molecule has 1 aromatic carbocycles. The van der Waals surface area contributed by atoms with Crippen molar-refractivity contribution < 1.29 is 28.0 Å². The number of hydrogen-bond donors (Lipinski definition) is 2. The van der Waals surface area contributed by atoms with E-state index in [-0.39, 0.29) is 23.3 Å². The Bertz CT molecular complexity index is 1320. The molecule has 0 fully saturated rings. The molecule has 0 saturated carbocycles. The average Bonchev–Trinajstić information content (AvgIpc) is 3.45. The van der Waals surface area contributed by atoms with Crippen LogP contribution >= 0.6 is 15.9 Å². The number of benzene rings is 1. The second-order valence-electron chi connectivity index (χ2n) is 7.40. The highest BCUT2D eigenvalue weighted by molar-refractivity contribution is 9.10. The maximum absolute atomic E-state index is 14.3. The van der Waals surface area contributed by atoms with Gasteiger partial charge < -0.3 is 19.4 Å². The number of amides is 1. The Hall–Kier alpha value is -3.53. The van der Waals surface area contributed by atoms with Gasteiger partial charge in [0, 0.05) is 10.9 Å². The van der Waals surface area contributed by atoms with Crippen LogP contribution in [0.3, 0.4) is 0 Å². The minimum absolute atomic E-state index is 0.142. The van der Waals surface area contributed by atoms with E-state index in [0.717, 1.165) is 6.42 Å². The maximum atomic E-state index is 14.3. The third-order valence-electron chi connectivity index (χ3n) is 5.06. The summed E-state index contributed by atoms with van der Waals surface area (Å²) in [5.74, 6) is -2.12. The molecule has 4 aromatic rings. The Labute approximate surface area is 195 Å². The van der Waals surface area contributed by atoms with Gasteiger partial charge in [0.1, 0.15) is 17.6 Å². The van der Waals surface area contributed by atoms with Gasteiger partial charge in [0.25, 0.3) is 11.6 Å². The minimum atomic E-state index is -1.36. The van der Waals surface area contributed by atoms with Gasteiger partial charge in [-0.3, -0.25) is 4.79 Å². The molecule has 0 aliphatic heterocycles. The van der Waals surface area contributed by atoms with Gasteiger partial charge in [-0.05, 0) is 42.3 Å². The van der Waals surface area contributed by atoms with Crippen molar-refractivity contribution in [1.82, 2.24) is 15.5 Å². The standard InChI is InChI=1S/C23H19BrFN3O5/c1-2-4-16-20-14(11-17(19-5-3-8-32-19)27-22(20)33-28-16)21(29)26-18(23(30)31)9-12-6-7-13(24)10-15(12)25/h3,5-8,10-11,18H,2,4,9H2,1H3,(H,26,29)(H,30,31)/t18-/m0/s1. The van der Waals surface area contributed by atoms with Crippen molar-refractivity contribution in [2.24, 2.45) is 0 Å². The van der Waals surface area contributed by atoms with Crippen LogP contribution in [0.25, 0.3) is 22.6 Å². The van der Waals surface area contributed by atoms with E-state index in [1.54, 1.807) is 18.2 Å². The molecule has 0 aliphatic carbocycles. The second kappa shape index (κ2) is 9.53. The molecule has 0 saturated heterocycles. The second-order valence-corrected chi connectivity index (χ2v) is 8.31. The third kappa shape index (κ3) is 4.80. The van der Waals surface area contributed by atoms with Crippen LogP contribution in [0.5, 0.6) is 0 Å². The number of aromatic nitrogens is 2. The highest BCUT2D eigenvalue weighted by Crippen LogP contribution is 2.28. The smallest absolute Gasteiger partial charge is 0.326 e. The van der Waals surface area contributed by atoms with Gasteiger partial charge in [-0.15, -0.1) is 0 Å². The summed E-state index contributed by atoms with van der Waals surface area (Å²) < 4.78 is 25.5. The number of carbonyl (C=O) groups excluding carboxylic acids is 1. The number of aryl methyl sites for hydroxylation is 1. The number of carboxylic acids is 1. The van der Waals surface area contributed by atoms with Crippen LogP contribution in [-0.2, 0) is 17.6 Å². The van der Waals surface area contributed by atoms with E-state index in [9.17, 15) is 19.1 Å². The first kappa shape index (κ1) is 22.7. The number of aliphatic carboxylic acids is 1. The van der Waals surface area contributed by atoms with E-state index in [4.69, 9.17) is 8.94 Å². The number of fused-ring (bicyclic) bond motifs is 1. The van der Waals surface area contributed by atoms with Crippen LogP contribution in [0.4, 0.5) is 4.39 Å². The summed E-state index contributed by atoms with van der Waals surface area (Å²) in [6, 6.07) is 7.82. The molecule has 2 N–H and O–H groups in total. The molecule has 170 valence electrons. The molecule has 1 atom stereocenters. The van der Waals surface area contributed by atoms with Gasteiger partial charge in [0.2, 0.25) is 0 Å². The predicted molar refractivity (Wildman–Crippen MR) is 120 cm³/mol. The molecule has 0 radical (unpaired) electrons. The number of furan rings is 1. The van der Waals surface area contributed by atoms with Crippen molar-refractivity contribution in [2.75, 3.05) is 0 Å². The van der Waals surface area contributed by atoms with Gasteiger partial charge in [0.05, 0.1) is 22.9 Å². The topological polar surface area (TPSA) is 118 Å². The first-order valence-electron chi connectivity index (χ1n) is 10.2. The molecule has 4 rings (SSSR count). The molecule has 0 aliphatic rings. The molecule has 3 aromatic heterocycles. The molecular formula is C23H19BrFN3O5. The third-order valence-corrected chi connectivity index (χ3v) is 5.56. The van der Waals surface area contributed by atoms with Crippen LogP contribution in [0.15, 0.2) is 56.1 Å². The summed E-state index contributed by atoms with van der Waals surface area (Å²) in [5.41, 5.74) is 1.34. The lowest BCUT2D eigenvalue weighted by atomic mass is 10.0. The Morgan fingerprint density at radius 3 is 2.76 bits per heavy atom. The minimum Gasteiger partial charge on any atom is -0.480 e. The molecule has 0 bridgehead atoms. The fourth-order valence-corrected chi connectivity index (χ4v) is 3.82. The van der Waals surface area contributed by atoms with Gasteiger partial charge >= 0.3 is 5.97 Å². The molecule has 1 amide bonds. The summed E-state index contributed by atoms with van der Waals surface area (Å²) in [7, 11) is 0. The van der Waals surface area contributed by atoms with E-state index in [2.05, 4.69) is 31.4 Å². The summed E-state index contributed by atoms with van der Waals surface area (Å²) in [5, 5.41) is 16.6. The summed E-state index contributed by atoms with van der Waals surface area (Å²) in [6.07, 6.45) is 2.53. The number of rotatable bonds is 8. The van der Waals surface area contributed by atoms with Gasteiger partial charge in [-0.2, -0.15) is 0 Å². The van der Waals surface area contributed by atoms with Crippen molar-refractivity contribution in [3.63, 3.8) is 0 Å². The maximum Gasteiger partial charge on any atom is 0.326 e. The van der Waals surface area contributed by atoms with E-state index in [1.807, 2.05) is 6.92 Å². The number of halogens is 2. The quantitative estimate of drug-likeness (QED) is 0.347. The fraction of sp³-hybridized carbons (Fsp3) is 0.217. The largest absolute Gasteiger partial charge is 0.480 e. The predicted octanol–water partition coefficient (Wildman–Crippen LogP) is 4.76. The lowest BCUT2D eigenvalue weighted by Crippen LogP contribution is -2.42. The van der Waals surface area contributed by atoms with Crippen molar-refractivity contribution >= 4 is 38.9 Å². The zero-order valence-electron chi connectivity index (χ0n) is 17.5. The summed E-state index contributed by atoms with van der Waals surface area (Å²) in [6.45, 7) is 1.96. The van der Waals surface area contributed by atoms with Crippen molar-refractivity contribution in [1.29, 1.82) is 0 Å². The van der Waals surface area contributed by atoms with E-state index < -0.39 is 23.7 Å². The van der Waals surface area contributed by atoms with Gasteiger partial charge in [0.15, 0.2) is 5.76 Å². The molecule has 0 unspecified atom stereocenters. The van der Waals surface area contributed by atoms with Crippen LogP contribution in [-0.4, -0.2) is 33.2 Å². The monoisotopic (exact) mass is 515 g/mol. The Balaban J connectivity index is 1.72. The molecule has 33 heavy (non-hydrogen) atoms.